The van der Waals surface area contributed by atoms with Gasteiger partial charge in [0, 0.05) is 6.42 Å². The van der Waals surface area contributed by atoms with Gasteiger partial charge in [-0.25, -0.2) is 9.29 Å². The fraction of sp³-hybridized carbons (Fsp3) is 0.556. The molecule has 0 heterocycles. The number of hydrogen-bond donors (Lipinski definition) is 0. The summed E-state index contributed by atoms with van der Waals surface area (Å²) in [6, 6.07) is -5.21. The number of likely N-dealkylation sites (N-methyl/N-ethyl adjacent to an activating group) is 1. The lowest BCUT2D eigenvalue weighted by Gasteiger charge is -2.38. The van der Waals surface area contributed by atoms with Crippen LogP contribution >= 0.6 is 0 Å². The van der Waals surface area contributed by atoms with E-state index in [0.29, 0.717) is 13.1 Å². The van der Waals surface area contributed by atoms with Crippen molar-refractivity contribution in [1.29, 1.82) is 0 Å². The van der Waals surface area contributed by atoms with Crippen molar-refractivity contribution >= 4 is 0 Å². The van der Waals surface area contributed by atoms with Crippen LogP contribution in [0.1, 0.15) is 6.42 Å². The van der Waals surface area contributed by atoms with Crippen LogP contribution in [0.4, 0.5) is 26.3 Å². The van der Waals surface area contributed by atoms with Gasteiger partial charge in [0.15, 0.2) is 5.79 Å². The fourth-order valence-corrected chi connectivity index (χ4v) is 1.26. The van der Waals surface area contributed by atoms with Crippen LogP contribution in [0.5, 0.6) is 0 Å². The van der Waals surface area contributed by atoms with Crippen molar-refractivity contribution in [1.82, 2.24) is 4.90 Å². The molecule has 0 aromatic rings. The minimum absolute atomic E-state index is 0.400. The van der Waals surface area contributed by atoms with Crippen molar-refractivity contribution in [2.24, 2.45) is 0 Å². The zero-order chi connectivity index (χ0) is 12.6. The van der Waals surface area contributed by atoms with Crippen molar-refractivity contribution in [3.05, 3.63) is 24.3 Å². The van der Waals surface area contributed by atoms with Gasteiger partial charge >= 0.3 is 12.2 Å². The van der Waals surface area contributed by atoms with Crippen LogP contribution < -0.4 is 0 Å². The maximum atomic E-state index is 13.8. The van der Waals surface area contributed by atoms with E-state index >= 15 is 0 Å². The predicted molar refractivity (Wildman–Crippen MR) is 45.5 cm³/mol. The van der Waals surface area contributed by atoms with Gasteiger partial charge in [0.2, 0.25) is 0 Å². The van der Waals surface area contributed by atoms with E-state index in [-0.39, 0.29) is 0 Å². The highest BCUT2D eigenvalue weighted by Gasteiger charge is 2.64. The maximum absolute atomic E-state index is 13.8. The number of nitrogens with zero attached hydrogens (tertiary/aromatic N) is 1. The van der Waals surface area contributed by atoms with Crippen LogP contribution in [0.2, 0.25) is 0 Å². The van der Waals surface area contributed by atoms with Gasteiger partial charge in [0.05, 0.1) is 0 Å². The van der Waals surface area contributed by atoms with Gasteiger partial charge in [-0.15, -0.1) is 0 Å². The second kappa shape index (κ2) is 3.80. The Labute approximate surface area is 88.0 Å². The van der Waals surface area contributed by atoms with Crippen LogP contribution in [0.3, 0.4) is 0 Å². The van der Waals surface area contributed by atoms with Gasteiger partial charge in [0.25, 0.3) is 0 Å². The molecule has 1 aliphatic carbocycles. The Hall–Kier alpha value is -0.980. The molecule has 0 N–H and O–H groups in total. The molecule has 0 aromatic carbocycles. The molecule has 0 saturated heterocycles. The number of halogens is 6. The Morgan fingerprint density at radius 2 is 1.69 bits per heavy atom. The average molecular weight is 245 g/mol. The highest BCUT2D eigenvalue weighted by Crippen LogP contribution is 2.43. The van der Waals surface area contributed by atoms with Crippen LogP contribution in [0.15, 0.2) is 24.3 Å². The molecule has 92 valence electrons. The monoisotopic (exact) mass is 245 g/mol. The lowest BCUT2D eigenvalue weighted by molar-refractivity contribution is -0.357. The van der Waals surface area contributed by atoms with E-state index in [1.54, 1.807) is 0 Å². The third kappa shape index (κ3) is 2.09. The minimum atomic E-state index is -5.81. The molecular weight excluding hydrogens is 236 g/mol. The summed E-state index contributed by atoms with van der Waals surface area (Å²) in [5.74, 6) is -2.83. The smallest absolute Gasteiger partial charge is 0.221 e. The molecule has 0 radical (unpaired) electrons. The van der Waals surface area contributed by atoms with Crippen molar-refractivity contribution in [3.8, 4) is 0 Å². The molecule has 1 rings (SSSR count). The lowest BCUT2D eigenvalue weighted by atomic mass is 10.0. The molecule has 16 heavy (non-hydrogen) atoms. The summed E-state index contributed by atoms with van der Waals surface area (Å²) in [6.45, 7) is 0. The number of alkyl halides is 6. The topological polar surface area (TPSA) is 3.24 Å². The first-order valence-corrected chi connectivity index (χ1v) is 4.33. The van der Waals surface area contributed by atoms with Crippen LogP contribution in [-0.2, 0) is 0 Å². The zero-order valence-electron chi connectivity index (χ0n) is 8.23. The van der Waals surface area contributed by atoms with Crippen molar-refractivity contribution in [3.63, 3.8) is 0 Å². The van der Waals surface area contributed by atoms with Gasteiger partial charge in [-0.05, 0) is 13.1 Å². The van der Waals surface area contributed by atoms with Gasteiger partial charge in [0.1, 0.15) is 0 Å². The third-order valence-electron chi connectivity index (χ3n) is 2.32. The quantitative estimate of drug-likeness (QED) is 0.533. The van der Waals surface area contributed by atoms with E-state index in [1.165, 1.54) is 12.2 Å². The molecule has 0 saturated carbocycles. The molecule has 0 amide bonds. The normalized spacial score (nSPS) is 26.5. The zero-order valence-corrected chi connectivity index (χ0v) is 8.23. The molecule has 1 atom stereocenters. The Morgan fingerprint density at radius 1 is 1.12 bits per heavy atom. The number of hydrogen-bond acceptors (Lipinski definition) is 1. The lowest BCUT2D eigenvalue weighted by Crippen LogP contribution is -2.58. The molecule has 1 aliphatic rings. The van der Waals surface area contributed by atoms with Crippen molar-refractivity contribution in [2.75, 3.05) is 7.05 Å². The largest absolute Gasteiger partial charge is 0.469 e. The van der Waals surface area contributed by atoms with E-state index in [2.05, 4.69) is 0 Å². The molecule has 0 aliphatic heterocycles. The Bertz CT molecular complexity index is 318. The second-order valence-corrected chi connectivity index (χ2v) is 3.41. The highest BCUT2D eigenvalue weighted by molar-refractivity contribution is 5.18. The fourth-order valence-electron chi connectivity index (χ4n) is 1.26. The summed E-state index contributed by atoms with van der Waals surface area (Å²) in [5, 5.41) is 0. The molecule has 0 bridgehead atoms. The minimum Gasteiger partial charge on any atom is -0.221 e. The summed E-state index contributed by atoms with van der Waals surface area (Å²) in [6.07, 6.45) is -2.04. The SMILES string of the molecule is CN(C1(F)C=CC=CC1)C(F)(F)C(F)(F)F. The first kappa shape index (κ1) is 13.1. The Kier molecular flexibility index (Phi) is 3.11. The maximum Gasteiger partial charge on any atom is 0.469 e. The summed E-state index contributed by atoms with van der Waals surface area (Å²) < 4.78 is 75.5. The predicted octanol–water partition coefficient (Wildman–Crippen LogP) is 3.26. The molecule has 0 spiro atoms. The summed E-state index contributed by atoms with van der Waals surface area (Å²) >= 11 is 0. The van der Waals surface area contributed by atoms with Crippen molar-refractivity contribution < 1.29 is 26.3 Å². The molecule has 7 heteroatoms. The van der Waals surface area contributed by atoms with Crippen molar-refractivity contribution in [2.45, 2.75) is 24.4 Å². The average Bonchev–Trinajstić information content (AvgIpc) is 2.16. The molecular formula is C9H9F6N. The van der Waals surface area contributed by atoms with E-state index in [9.17, 15) is 26.3 Å². The van der Waals surface area contributed by atoms with Gasteiger partial charge < -0.3 is 0 Å². The van der Waals surface area contributed by atoms with Crippen LogP contribution in [0, 0.1) is 0 Å². The first-order valence-electron chi connectivity index (χ1n) is 4.33. The first-order chi connectivity index (χ1) is 7.11. The van der Waals surface area contributed by atoms with E-state index in [0.717, 1.165) is 6.08 Å². The van der Waals surface area contributed by atoms with E-state index in [1.807, 2.05) is 0 Å². The standard InChI is InChI=1S/C9H9F6N/c1-16(9(14,15)8(11,12)13)7(10)5-3-2-4-6-7/h2-5H,6H2,1H3. The van der Waals surface area contributed by atoms with E-state index in [4.69, 9.17) is 0 Å². The molecule has 0 fully saturated rings. The number of allylic oxidation sites excluding steroid dienone is 2. The van der Waals surface area contributed by atoms with E-state index < -0.39 is 29.3 Å². The van der Waals surface area contributed by atoms with Gasteiger partial charge in [-0.2, -0.15) is 22.0 Å². The number of rotatable bonds is 2. The third-order valence-corrected chi connectivity index (χ3v) is 2.32. The summed E-state index contributed by atoms with van der Waals surface area (Å²) in [5.41, 5.74) is 0. The second-order valence-electron chi connectivity index (χ2n) is 3.41. The summed E-state index contributed by atoms with van der Waals surface area (Å²) in [4.78, 5) is -0.611. The highest BCUT2D eigenvalue weighted by atomic mass is 19.4. The van der Waals surface area contributed by atoms with Gasteiger partial charge in [-0.1, -0.05) is 18.2 Å². The Balaban J connectivity index is 2.97. The molecule has 1 nitrogen and oxygen atoms in total. The van der Waals surface area contributed by atoms with Crippen LogP contribution in [-0.4, -0.2) is 30.0 Å². The van der Waals surface area contributed by atoms with Crippen LogP contribution in [0.25, 0.3) is 0 Å². The molecule has 0 aromatic heterocycles. The Morgan fingerprint density at radius 3 is 2.06 bits per heavy atom. The summed E-state index contributed by atoms with van der Waals surface area (Å²) in [7, 11) is 0.400. The van der Waals surface area contributed by atoms with Gasteiger partial charge in [-0.3, -0.25) is 0 Å². The molecule has 1 unspecified atom stereocenters.